The molecular formula is C24H49BN2NaO11. The van der Waals surface area contributed by atoms with Gasteiger partial charge in [-0.25, -0.2) is 14.4 Å². The molecule has 0 fully saturated rings. The van der Waals surface area contributed by atoms with Crippen LogP contribution in [0.3, 0.4) is 0 Å². The summed E-state index contributed by atoms with van der Waals surface area (Å²) in [5.74, 6) is -1.30. The Kier molecular flexibility index (Phi) is 32.3. The van der Waals surface area contributed by atoms with Crippen LogP contribution in [0.15, 0.2) is 0 Å². The molecule has 0 unspecified atom stereocenters. The van der Waals surface area contributed by atoms with Gasteiger partial charge in [-0.2, -0.15) is 0 Å². The van der Waals surface area contributed by atoms with E-state index in [1.165, 1.54) is 0 Å². The molecule has 0 spiro atoms. The van der Waals surface area contributed by atoms with Gasteiger partial charge in [-0.3, -0.25) is 4.79 Å². The molecule has 0 saturated carbocycles. The summed E-state index contributed by atoms with van der Waals surface area (Å²) in [4.78, 5) is 45.9. The van der Waals surface area contributed by atoms with Crippen molar-refractivity contribution in [1.82, 2.24) is 10.6 Å². The fourth-order valence-electron chi connectivity index (χ4n) is 2.11. The first-order valence-electron chi connectivity index (χ1n) is 12.1. The number of carbonyl (C=O) groups is 4. The first kappa shape index (κ1) is 47.2. The molecule has 5 N–H and O–H groups in total. The number of alkyl carbamates (subject to hydrolysis) is 2. The van der Waals surface area contributed by atoms with Gasteiger partial charge in [0.25, 0.3) is 0 Å². The third-order valence-corrected chi connectivity index (χ3v) is 3.36. The normalized spacial score (nSPS) is 11.6. The number of rotatable bonds is 10. The molecule has 0 bridgehead atoms. The number of aliphatic hydroxyl groups is 3. The van der Waals surface area contributed by atoms with Gasteiger partial charge < -0.3 is 46.3 Å². The maximum absolute atomic E-state index is 11.7. The monoisotopic (exact) mass is 575 g/mol. The smallest absolute Gasteiger partial charge is 1.00 e. The van der Waals surface area contributed by atoms with E-state index in [9.17, 15) is 19.2 Å². The van der Waals surface area contributed by atoms with E-state index in [1.807, 2.05) is 0 Å². The Bertz CT molecular complexity index is 664. The average molecular weight is 575 g/mol. The summed E-state index contributed by atoms with van der Waals surface area (Å²) < 4.78 is 19.5. The van der Waals surface area contributed by atoms with Crippen molar-refractivity contribution in [3.63, 3.8) is 0 Å². The molecule has 0 aromatic rings. The van der Waals surface area contributed by atoms with Crippen LogP contribution >= 0.6 is 0 Å². The van der Waals surface area contributed by atoms with Gasteiger partial charge in [-0.15, -0.1) is 0 Å². The van der Waals surface area contributed by atoms with E-state index >= 15 is 0 Å². The van der Waals surface area contributed by atoms with Crippen molar-refractivity contribution in [2.75, 3.05) is 33.0 Å². The van der Waals surface area contributed by atoms with Crippen LogP contribution in [0.2, 0.25) is 0 Å². The van der Waals surface area contributed by atoms with E-state index < -0.39 is 47.4 Å². The molecule has 39 heavy (non-hydrogen) atoms. The van der Waals surface area contributed by atoms with Crippen molar-refractivity contribution in [2.24, 2.45) is 0 Å². The second kappa shape index (κ2) is 26.6. The topological polar surface area (TPSA) is 190 Å². The molecule has 0 heterocycles. The Morgan fingerprint density at radius 3 is 1.54 bits per heavy atom. The van der Waals surface area contributed by atoms with Crippen molar-refractivity contribution in [1.29, 1.82) is 0 Å². The number of amides is 2. The number of carbonyl (C=O) groups excluding carboxylic acids is 4. The van der Waals surface area contributed by atoms with Crippen molar-refractivity contribution >= 4 is 32.5 Å². The molecule has 0 aliphatic rings. The molecular weight excluding hydrogens is 526 g/mol. The molecule has 0 aromatic heterocycles. The summed E-state index contributed by atoms with van der Waals surface area (Å²) in [6.45, 7) is 15.6. The molecule has 0 aliphatic carbocycles. The zero-order valence-corrected chi connectivity index (χ0v) is 27.3. The van der Waals surface area contributed by atoms with E-state index in [1.54, 1.807) is 62.3 Å². The zero-order valence-electron chi connectivity index (χ0n) is 26.3. The Hall–Kier alpha value is -1.58. The Morgan fingerprint density at radius 2 is 1.21 bits per heavy atom. The van der Waals surface area contributed by atoms with Crippen LogP contribution in [0.25, 0.3) is 0 Å². The van der Waals surface area contributed by atoms with E-state index in [4.69, 9.17) is 34.3 Å². The number of hydrogen-bond acceptors (Lipinski definition) is 11. The van der Waals surface area contributed by atoms with Gasteiger partial charge in [-0.1, -0.05) is 0 Å². The van der Waals surface area contributed by atoms with Crippen molar-refractivity contribution < 1.29 is 84.4 Å². The maximum Gasteiger partial charge on any atom is 1.00 e. The summed E-state index contributed by atoms with van der Waals surface area (Å²) >= 11 is 0. The van der Waals surface area contributed by atoms with Crippen LogP contribution in [-0.2, 0) is 28.5 Å². The van der Waals surface area contributed by atoms with Crippen LogP contribution < -0.4 is 40.2 Å². The molecule has 13 nitrogen and oxygen atoms in total. The van der Waals surface area contributed by atoms with Crippen LogP contribution in [0.1, 0.15) is 76.6 Å². The number of esters is 2. The van der Waals surface area contributed by atoms with Gasteiger partial charge in [0.05, 0.1) is 32.3 Å². The first-order chi connectivity index (χ1) is 17.0. The summed E-state index contributed by atoms with van der Waals surface area (Å²) in [6, 6.07) is -1.57. The molecule has 0 rings (SSSR count). The number of ether oxygens (including phenoxy) is 4. The van der Waals surface area contributed by atoms with Crippen LogP contribution in [0.5, 0.6) is 0 Å². The van der Waals surface area contributed by atoms with Crippen molar-refractivity contribution in [3.8, 4) is 0 Å². The molecule has 2 amide bonds. The summed E-state index contributed by atoms with van der Waals surface area (Å²) in [7, 11) is 0. The van der Waals surface area contributed by atoms with Gasteiger partial charge in [0, 0.05) is 21.6 Å². The number of nitrogens with one attached hydrogen (secondary N) is 2. The summed E-state index contributed by atoms with van der Waals surface area (Å²) in [5.41, 5.74) is -1.25. The Morgan fingerprint density at radius 1 is 0.795 bits per heavy atom. The van der Waals surface area contributed by atoms with Crippen LogP contribution in [-0.4, -0.2) is 104 Å². The average Bonchev–Trinajstić information content (AvgIpc) is 2.71. The molecule has 0 aromatic carbocycles. The van der Waals surface area contributed by atoms with Gasteiger partial charge in [0.15, 0.2) is 0 Å². The number of hydrogen-bond donors (Lipinski definition) is 5. The quantitative estimate of drug-likeness (QED) is 0.114. The van der Waals surface area contributed by atoms with Crippen molar-refractivity contribution in [2.45, 2.75) is 98.4 Å². The molecule has 0 saturated heterocycles. The molecule has 0 aliphatic heterocycles. The van der Waals surface area contributed by atoms with E-state index in [0.29, 0.717) is 6.42 Å². The van der Waals surface area contributed by atoms with Crippen LogP contribution in [0, 0.1) is 0 Å². The predicted octanol–water partition coefficient (Wildman–Crippen LogP) is -1.62. The second-order valence-electron chi connectivity index (χ2n) is 9.31. The predicted molar refractivity (Wildman–Crippen MR) is 143 cm³/mol. The minimum Gasteiger partial charge on any atom is -1.00 e. The van der Waals surface area contributed by atoms with Gasteiger partial charge in [0.1, 0.15) is 17.2 Å². The van der Waals surface area contributed by atoms with Crippen LogP contribution in [0.4, 0.5) is 9.59 Å². The zero-order chi connectivity index (χ0) is 29.7. The fraction of sp³-hybridized carbons (Fsp3) is 0.833. The summed E-state index contributed by atoms with van der Waals surface area (Å²) in [5, 5.41) is 29.8. The molecule has 225 valence electrons. The van der Waals surface area contributed by atoms with Gasteiger partial charge in [-0.05, 0) is 68.7 Å². The van der Waals surface area contributed by atoms with Crippen molar-refractivity contribution in [3.05, 3.63) is 0 Å². The van der Waals surface area contributed by atoms with Gasteiger partial charge in [0.2, 0.25) is 0 Å². The Labute approximate surface area is 258 Å². The summed E-state index contributed by atoms with van der Waals surface area (Å²) in [6.07, 6.45) is -1.35. The van der Waals surface area contributed by atoms with E-state index in [0.717, 1.165) is 0 Å². The largest absolute Gasteiger partial charge is 1.00 e. The molecule has 15 heteroatoms. The maximum atomic E-state index is 11.7. The molecule has 2 atom stereocenters. The standard InChI is InChI=1S/C13H23NO6.C9H19NO4.C2H6O.B.Na.H/c1-6-18-10(15)8-9(11(16)19-7-2)14-12(17)20-13(3,4)5;1-9(2,3)14-8(13)10-7(6-12)4-5-11;1-2-3;;;/h9H,6-8H2,1-5H3,(H,14,17);7,11-12H,4-6H2,1-3H3,(H,10,13);3H,2H2,1H3;;;/q;;;;+1;-1/t9-;7-;;;;/m11..../s1. The molecule has 3 radical (unpaired) electrons. The SMILES string of the molecule is CC(C)(C)OC(=O)N[C@@H](CO)CCO.CCO.CCOC(=O)C[C@@H](NC(=O)OC(C)(C)C)C(=O)OCC.[B].[H-].[Na+]. The Balaban J connectivity index is -0.000000128. The van der Waals surface area contributed by atoms with Gasteiger partial charge >= 0.3 is 53.7 Å². The third kappa shape index (κ3) is 34.4. The fourth-order valence-corrected chi connectivity index (χ4v) is 2.11. The van der Waals surface area contributed by atoms with E-state index in [2.05, 4.69) is 10.6 Å². The number of aliphatic hydroxyl groups excluding tert-OH is 3. The first-order valence-corrected chi connectivity index (χ1v) is 12.1. The third-order valence-electron chi connectivity index (χ3n) is 3.36. The van der Waals surface area contributed by atoms with E-state index in [-0.39, 0.29) is 78.9 Å². The minimum atomic E-state index is -1.12. The second-order valence-corrected chi connectivity index (χ2v) is 9.31. The minimum absolute atomic E-state index is 0.